The standard InChI is InChI=1S/C16H24N2O3S2/c1-3-23(20,21)18-11-9-17(10-12-18)16(19)14(2)22-13-15-7-5-4-6-8-15/h4-8,14H,3,9-13H2,1-2H3. The molecule has 5 nitrogen and oxygen atoms in total. The Morgan fingerprint density at radius 2 is 1.78 bits per heavy atom. The molecule has 1 heterocycles. The zero-order valence-corrected chi connectivity index (χ0v) is 15.3. The van der Waals surface area contributed by atoms with Crippen molar-refractivity contribution in [1.82, 2.24) is 9.21 Å². The van der Waals surface area contributed by atoms with Crippen molar-refractivity contribution in [3.63, 3.8) is 0 Å². The highest BCUT2D eigenvalue weighted by atomic mass is 32.2. The number of amides is 1. The second-order valence-electron chi connectivity index (χ2n) is 5.56. The molecule has 1 aliphatic rings. The molecule has 1 aliphatic heterocycles. The second kappa shape index (κ2) is 8.17. The van der Waals surface area contributed by atoms with Gasteiger partial charge in [0.05, 0.1) is 11.0 Å². The summed E-state index contributed by atoms with van der Waals surface area (Å²) >= 11 is 1.62. The van der Waals surface area contributed by atoms with Crippen LogP contribution in [0.15, 0.2) is 30.3 Å². The van der Waals surface area contributed by atoms with Crippen molar-refractivity contribution in [1.29, 1.82) is 0 Å². The molecule has 7 heteroatoms. The van der Waals surface area contributed by atoms with Gasteiger partial charge in [0.2, 0.25) is 15.9 Å². The summed E-state index contributed by atoms with van der Waals surface area (Å²) in [7, 11) is -3.15. The molecule has 1 aromatic carbocycles. The van der Waals surface area contributed by atoms with E-state index in [1.54, 1.807) is 23.6 Å². The molecule has 1 amide bonds. The van der Waals surface area contributed by atoms with Gasteiger partial charge in [-0.3, -0.25) is 4.79 Å². The number of carbonyl (C=O) groups excluding carboxylic acids is 1. The number of hydrogen-bond acceptors (Lipinski definition) is 4. The third-order valence-electron chi connectivity index (χ3n) is 4.00. The van der Waals surface area contributed by atoms with E-state index in [0.717, 1.165) is 5.75 Å². The van der Waals surface area contributed by atoms with Crippen LogP contribution < -0.4 is 0 Å². The first-order valence-electron chi connectivity index (χ1n) is 7.86. The first kappa shape index (κ1) is 18.3. The van der Waals surface area contributed by atoms with E-state index in [2.05, 4.69) is 12.1 Å². The first-order chi connectivity index (χ1) is 10.9. The summed E-state index contributed by atoms with van der Waals surface area (Å²) in [6.45, 7) is 5.33. The molecule has 0 N–H and O–H groups in total. The van der Waals surface area contributed by atoms with E-state index in [-0.39, 0.29) is 16.9 Å². The van der Waals surface area contributed by atoms with Gasteiger partial charge < -0.3 is 4.90 Å². The minimum absolute atomic E-state index is 0.0967. The molecule has 1 fully saturated rings. The summed E-state index contributed by atoms with van der Waals surface area (Å²) in [5.41, 5.74) is 1.20. The van der Waals surface area contributed by atoms with Gasteiger partial charge in [0.25, 0.3) is 0 Å². The maximum absolute atomic E-state index is 12.5. The summed E-state index contributed by atoms with van der Waals surface area (Å²) < 4.78 is 25.2. The topological polar surface area (TPSA) is 57.7 Å². The zero-order chi connectivity index (χ0) is 16.9. The Hall–Kier alpha value is -1.05. The van der Waals surface area contributed by atoms with Crippen LogP contribution in [-0.4, -0.2) is 60.7 Å². The molecule has 1 atom stereocenters. The van der Waals surface area contributed by atoms with Gasteiger partial charge in [-0.1, -0.05) is 30.3 Å². The third-order valence-corrected chi connectivity index (χ3v) is 7.08. The monoisotopic (exact) mass is 356 g/mol. The van der Waals surface area contributed by atoms with E-state index < -0.39 is 10.0 Å². The molecule has 1 saturated heterocycles. The van der Waals surface area contributed by atoms with E-state index in [1.807, 2.05) is 25.1 Å². The van der Waals surface area contributed by atoms with Crippen molar-refractivity contribution in [3.8, 4) is 0 Å². The van der Waals surface area contributed by atoms with Gasteiger partial charge in [-0.05, 0) is 19.4 Å². The van der Waals surface area contributed by atoms with Crippen molar-refractivity contribution in [2.75, 3.05) is 31.9 Å². The van der Waals surface area contributed by atoms with Crippen LogP contribution in [0.2, 0.25) is 0 Å². The summed E-state index contributed by atoms with van der Waals surface area (Å²) in [5, 5.41) is -0.121. The minimum Gasteiger partial charge on any atom is -0.339 e. The number of rotatable bonds is 6. The van der Waals surface area contributed by atoms with Crippen molar-refractivity contribution in [2.45, 2.75) is 24.9 Å². The Bertz CT molecular complexity index is 611. The van der Waals surface area contributed by atoms with Crippen LogP contribution in [0.25, 0.3) is 0 Å². The predicted octanol–water partition coefficient (Wildman–Crippen LogP) is 1.80. The van der Waals surface area contributed by atoms with Gasteiger partial charge >= 0.3 is 0 Å². The maximum atomic E-state index is 12.5. The number of nitrogens with zero attached hydrogens (tertiary/aromatic N) is 2. The number of benzene rings is 1. The fourth-order valence-electron chi connectivity index (χ4n) is 2.49. The molecular formula is C16H24N2O3S2. The lowest BCUT2D eigenvalue weighted by atomic mass is 10.2. The van der Waals surface area contributed by atoms with Crippen LogP contribution in [0.1, 0.15) is 19.4 Å². The highest BCUT2D eigenvalue weighted by Crippen LogP contribution is 2.20. The zero-order valence-electron chi connectivity index (χ0n) is 13.6. The lowest BCUT2D eigenvalue weighted by Crippen LogP contribution is -2.52. The van der Waals surface area contributed by atoms with Gasteiger partial charge in [-0.15, -0.1) is 11.8 Å². The highest BCUT2D eigenvalue weighted by molar-refractivity contribution is 7.99. The number of thioether (sulfide) groups is 1. The Balaban J connectivity index is 1.82. The van der Waals surface area contributed by atoms with Crippen molar-refractivity contribution >= 4 is 27.7 Å². The molecule has 23 heavy (non-hydrogen) atoms. The summed E-state index contributed by atoms with van der Waals surface area (Å²) in [5.74, 6) is 1.02. The molecule has 0 saturated carbocycles. The number of carbonyl (C=O) groups is 1. The lowest BCUT2D eigenvalue weighted by molar-refractivity contribution is -0.131. The Morgan fingerprint density at radius 1 is 1.17 bits per heavy atom. The summed E-state index contributed by atoms with van der Waals surface area (Å²) in [6.07, 6.45) is 0. The third kappa shape index (κ3) is 4.96. The largest absolute Gasteiger partial charge is 0.339 e. The second-order valence-corrected chi connectivity index (χ2v) is 9.15. The predicted molar refractivity (Wildman–Crippen MR) is 94.8 cm³/mol. The van der Waals surface area contributed by atoms with Crippen LogP contribution >= 0.6 is 11.8 Å². The maximum Gasteiger partial charge on any atom is 0.235 e. The summed E-state index contributed by atoms with van der Waals surface area (Å²) in [6, 6.07) is 10.1. The fourth-order valence-corrected chi connectivity index (χ4v) is 4.50. The number of hydrogen-bond donors (Lipinski definition) is 0. The first-order valence-corrected chi connectivity index (χ1v) is 10.5. The van der Waals surface area contributed by atoms with Crippen LogP contribution in [0.3, 0.4) is 0 Å². The van der Waals surface area contributed by atoms with E-state index >= 15 is 0 Å². The van der Waals surface area contributed by atoms with E-state index in [0.29, 0.717) is 26.2 Å². The quantitative estimate of drug-likeness (QED) is 0.780. The molecule has 0 aromatic heterocycles. The van der Waals surface area contributed by atoms with Crippen LogP contribution in [-0.2, 0) is 20.6 Å². The molecule has 0 bridgehead atoms. The fraction of sp³-hybridized carbons (Fsp3) is 0.562. The number of piperazine rings is 1. The molecule has 0 aliphatic carbocycles. The molecule has 1 aromatic rings. The highest BCUT2D eigenvalue weighted by Gasteiger charge is 2.29. The molecule has 0 radical (unpaired) electrons. The van der Waals surface area contributed by atoms with E-state index in [1.165, 1.54) is 9.87 Å². The smallest absolute Gasteiger partial charge is 0.235 e. The lowest BCUT2D eigenvalue weighted by Gasteiger charge is -2.35. The Kier molecular flexibility index (Phi) is 6.50. The number of sulfonamides is 1. The van der Waals surface area contributed by atoms with Gasteiger partial charge in [0.15, 0.2) is 0 Å². The van der Waals surface area contributed by atoms with Gasteiger partial charge in [-0.25, -0.2) is 8.42 Å². The summed E-state index contributed by atoms with van der Waals surface area (Å²) in [4.78, 5) is 14.3. The van der Waals surface area contributed by atoms with Crippen molar-refractivity contribution < 1.29 is 13.2 Å². The SMILES string of the molecule is CCS(=O)(=O)N1CCN(C(=O)C(C)SCc2ccccc2)CC1. The average Bonchev–Trinajstić information content (AvgIpc) is 2.60. The van der Waals surface area contributed by atoms with E-state index in [4.69, 9.17) is 0 Å². The van der Waals surface area contributed by atoms with Crippen LogP contribution in [0, 0.1) is 0 Å². The Labute approximate surface area is 143 Å². The molecule has 128 valence electrons. The normalized spacial score (nSPS) is 17.9. The molecule has 0 spiro atoms. The molecular weight excluding hydrogens is 332 g/mol. The van der Waals surface area contributed by atoms with Gasteiger partial charge in [0.1, 0.15) is 0 Å². The van der Waals surface area contributed by atoms with Crippen LogP contribution in [0.4, 0.5) is 0 Å². The minimum atomic E-state index is -3.15. The average molecular weight is 357 g/mol. The van der Waals surface area contributed by atoms with Gasteiger partial charge in [-0.2, -0.15) is 4.31 Å². The molecule has 2 rings (SSSR count). The van der Waals surface area contributed by atoms with Crippen LogP contribution in [0.5, 0.6) is 0 Å². The Morgan fingerprint density at radius 3 is 2.35 bits per heavy atom. The van der Waals surface area contributed by atoms with E-state index in [9.17, 15) is 13.2 Å². The van der Waals surface area contributed by atoms with Crippen molar-refractivity contribution in [2.24, 2.45) is 0 Å². The van der Waals surface area contributed by atoms with Crippen molar-refractivity contribution in [3.05, 3.63) is 35.9 Å². The van der Waals surface area contributed by atoms with Gasteiger partial charge in [0, 0.05) is 31.9 Å². The molecule has 1 unspecified atom stereocenters.